The Balaban J connectivity index is 2.47. The van der Waals surface area contributed by atoms with E-state index in [4.69, 9.17) is 5.73 Å². The van der Waals surface area contributed by atoms with E-state index in [1.165, 1.54) is 6.33 Å². The highest BCUT2D eigenvalue weighted by molar-refractivity contribution is 5.80. The zero-order valence-electron chi connectivity index (χ0n) is 10.9. The zero-order chi connectivity index (χ0) is 12.9. The van der Waals surface area contributed by atoms with E-state index in [0.29, 0.717) is 19.3 Å². The maximum atomic E-state index is 11.8. The van der Waals surface area contributed by atoms with Gasteiger partial charge in [-0.2, -0.15) is 5.10 Å². The summed E-state index contributed by atoms with van der Waals surface area (Å²) in [6.07, 6.45) is 4.05. The van der Waals surface area contributed by atoms with Crippen molar-refractivity contribution >= 4 is 5.78 Å². The Morgan fingerprint density at radius 2 is 2.24 bits per heavy atom. The first kappa shape index (κ1) is 13.8. The van der Waals surface area contributed by atoms with Crippen molar-refractivity contribution in [3.63, 3.8) is 0 Å². The van der Waals surface area contributed by atoms with Gasteiger partial charge in [0, 0.05) is 18.5 Å². The fraction of sp³-hybridized carbons (Fsp3) is 0.750. The Morgan fingerprint density at radius 3 is 2.82 bits per heavy atom. The molecule has 0 aliphatic heterocycles. The summed E-state index contributed by atoms with van der Waals surface area (Å²) >= 11 is 0. The maximum Gasteiger partial charge on any atom is 0.140 e. The van der Waals surface area contributed by atoms with Crippen LogP contribution >= 0.6 is 0 Å². The van der Waals surface area contributed by atoms with Crippen LogP contribution in [0.4, 0.5) is 0 Å². The summed E-state index contributed by atoms with van der Waals surface area (Å²) in [6, 6.07) is 0. The summed E-state index contributed by atoms with van der Waals surface area (Å²) in [7, 11) is 0. The first-order valence-electron chi connectivity index (χ1n) is 6.09. The number of carbonyl (C=O) groups excluding carboxylic acids is 1. The van der Waals surface area contributed by atoms with Gasteiger partial charge in [-0.3, -0.25) is 4.79 Å². The van der Waals surface area contributed by atoms with Crippen LogP contribution in [-0.2, 0) is 17.8 Å². The number of aromatic nitrogens is 3. The molecular formula is C12H22N4O. The Hall–Kier alpha value is -1.23. The Bertz CT molecular complexity index is 365. The van der Waals surface area contributed by atoms with Gasteiger partial charge >= 0.3 is 0 Å². The van der Waals surface area contributed by atoms with E-state index in [9.17, 15) is 4.79 Å². The van der Waals surface area contributed by atoms with Crippen molar-refractivity contribution in [1.29, 1.82) is 0 Å². The van der Waals surface area contributed by atoms with E-state index in [-0.39, 0.29) is 11.3 Å². The molecule has 1 heterocycles. The topological polar surface area (TPSA) is 73.8 Å². The van der Waals surface area contributed by atoms with Crippen molar-refractivity contribution in [2.75, 3.05) is 0 Å². The molecule has 2 N–H and O–H groups in total. The molecule has 0 atom stereocenters. The van der Waals surface area contributed by atoms with Crippen LogP contribution < -0.4 is 5.73 Å². The molecule has 5 nitrogen and oxygen atoms in total. The molecule has 0 spiro atoms. The van der Waals surface area contributed by atoms with E-state index in [1.807, 2.05) is 13.8 Å². The predicted molar refractivity (Wildman–Crippen MR) is 66.5 cm³/mol. The second-order valence-electron chi connectivity index (χ2n) is 5.10. The number of nitrogens with two attached hydrogens (primary N) is 1. The number of rotatable bonds is 7. The largest absolute Gasteiger partial charge is 0.326 e. The first-order chi connectivity index (χ1) is 7.92. The molecule has 1 aromatic rings. The minimum atomic E-state index is -0.285. The smallest absolute Gasteiger partial charge is 0.140 e. The summed E-state index contributed by atoms with van der Waals surface area (Å²) in [5, 5.41) is 4.10. The highest BCUT2D eigenvalue weighted by atomic mass is 16.1. The van der Waals surface area contributed by atoms with E-state index >= 15 is 0 Å². The highest BCUT2D eigenvalue weighted by Gasteiger charge is 2.15. The molecule has 1 rings (SSSR count). The van der Waals surface area contributed by atoms with Crippen LogP contribution in [0, 0.1) is 0 Å². The average molecular weight is 238 g/mol. The maximum absolute atomic E-state index is 11.8. The van der Waals surface area contributed by atoms with Gasteiger partial charge in [0.15, 0.2) is 0 Å². The quantitative estimate of drug-likeness (QED) is 0.777. The van der Waals surface area contributed by atoms with Crippen molar-refractivity contribution in [2.45, 2.75) is 58.5 Å². The first-order valence-corrected chi connectivity index (χ1v) is 6.09. The van der Waals surface area contributed by atoms with E-state index < -0.39 is 0 Å². The van der Waals surface area contributed by atoms with Crippen molar-refractivity contribution in [1.82, 2.24) is 14.8 Å². The van der Waals surface area contributed by atoms with Crippen LogP contribution in [0.2, 0.25) is 0 Å². The number of nitrogens with zero attached hydrogens (tertiary/aromatic N) is 3. The van der Waals surface area contributed by atoms with E-state index in [2.05, 4.69) is 17.0 Å². The third-order valence-electron chi connectivity index (χ3n) is 2.53. The predicted octanol–water partition coefficient (Wildman–Crippen LogP) is 1.32. The third-order valence-corrected chi connectivity index (χ3v) is 2.53. The molecule has 0 saturated heterocycles. The van der Waals surface area contributed by atoms with Gasteiger partial charge in [0.2, 0.25) is 0 Å². The standard InChI is InChI=1S/C12H22N4O/c1-4-7-16-11(14-9-15-16)8-10(17)5-6-12(2,3)13/h9H,4-8,13H2,1-3H3. The van der Waals surface area contributed by atoms with Crippen LogP contribution in [0.1, 0.15) is 45.9 Å². The number of hydrogen-bond acceptors (Lipinski definition) is 4. The molecule has 96 valence electrons. The van der Waals surface area contributed by atoms with E-state index in [0.717, 1.165) is 18.8 Å². The molecule has 0 radical (unpaired) electrons. The summed E-state index contributed by atoms with van der Waals surface area (Å²) < 4.78 is 1.80. The van der Waals surface area contributed by atoms with Gasteiger partial charge in [-0.15, -0.1) is 0 Å². The number of aryl methyl sites for hydroxylation is 1. The van der Waals surface area contributed by atoms with Gasteiger partial charge in [-0.1, -0.05) is 6.92 Å². The lowest BCUT2D eigenvalue weighted by molar-refractivity contribution is -0.118. The minimum Gasteiger partial charge on any atom is -0.326 e. The van der Waals surface area contributed by atoms with Gasteiger partial charge < -0.3 is 5.73 Å². The Kier molecular flexibility index (Phi) is 4.81. The number of hydrogen-bond donors (Lipinski definition) is 1. The fourth-order valence-electron chi connectivity index (χ4n) is 1.55. The molecule has 5 heteroatoms. The van der Waals surface area contributed by atoms with Crippen molar-refractivity contribution < 1.29 is 4.79 Å². The lowest BCUT2D eigenvalue weighted by Crippen LogP contribution is -2.32. The molecule has 0 bridgehead atoms. The third kappa shape index (κ3) is 5.08. The van der Waals surface area contributed by atoms with Crippen molar-refractivity contribution in [3.05, 3.63) is 12.2 Å². The van der Waals surface area contributed by atoms with Crippen LogP contribution in [0.25, 0.3) is 0 Å². The molecule has 0 saturated carbocycles. The molecule has 1 aromatic heterocycles. The lowest BCUT2D eigenvalue weighted by atomic mass is 9.97. The Labute approximate surface area is 102 Å². The van der Waals surface area contributed by atoms with Gasteiger partial charge in [-0.05, 0) is 26.7 Å². The van der Waals surface area contributed by atoms with Gasteiger partial charge in [0.1, 0.15) is 17.9 Å². The van der Waals surface area contributed by atoms with Gasteiger partial charge in [-0.25, -0.2) is 9.67 Å². The minimum absolute atomic E-state index is 0.175. The fourth-order valence-corrected chi connectivity index (χ4v) is 1.55. The van der Waals surface area contributed by atoms with Gasteiger partial charge in [0.05, 0.1) is 6.42 Å². The second-order valence-corrected chi connectivity index (χ2v) is 5.10. The van der Waals surface area contributed by atoms with Crippen molar-refractivity contribution in [3.8, 4) is 0 Å². The van der Waals surface area contributed by atoms with Crippen LogP contribution in [0.5, 0.6) is 0 Å². The molecule has 0 fully saturated rings. The zero-order valence-corrected chi connectivity index (χ0v) is 10.9. The monoisotopic (exact) mass is 238 g/mol. The van der Waals surface area contributed by atoms with Crippen molar-refractivity contribution in [2.24, 2.45) is 5.73 Å². The molecular weight excluding hydrogens is 216 g/mol. The molecule has 0 aromatic carbocycles. The lowest BCUT2D eigenvalue weighted by Gasteiger charge is -2.17. The number of Topliss-reactive ketones (excluding diaryl/α,β-unsaturated/α-hetero) is 1. The molecule has 0 aliphatic carbocycles. The summed E-state index contributed by atoms with van der Waals surface area (Å²) in [5.41, 5.74) is 5.56. The summed E-state index contributed by atoms with van der Waals surface area (Å²) in [5.74, 6) is 0.931. The molecule has 0 aliphatic rings. The van der Waals surface area contributed by atoms with Crippen LogP contribution in [0.15, 0.2) is 6.33 Å². The van der Waals surface area contributed by atoms with Crippen LogP contribution in [-0.4, -0.2) is 26.1 Å². The normalized spacial score (nSPS) is 11.8. The molecule has 17 heavy (non-hydrogen) atoms. The summed E-state index contributed by atoms with van der Waals surface area (Å²) in [6.45, 7) is 6.74. The highest BCUT2D eigenvalue weighted by Crippen LogP contribution is 2.09. The Morgan fingerprint density at radius 1 is 1.53 bits per heavy atom. The van der Waals surface area contributed by atoms with E-state index in [1.54, 1.807) is 4.68 Å². The van der Waals surface area contributed by atoms with Gasteiger partial charge in [0.25, 0.3) is 0 Å². The van der Waals surface area contributed by atoms with Crippen LogP contribution in [0.3, 0.4) is 0 Å². The average Bonchev–Trinajstić information content (AvgIpc) is 2.63. The molecule has 0 unspecified atom stereocenters. The SMILES string of the molecule is CCCn1ncnc1CC(=O)CCC(C)(C)N. The number of carbonyl (C=O) groups is 1. The second kappa shape index (κ2) is 5.91. The molecule has 0 amide bonds. The summed E-state index contributed by atoms with van der Waals surface area (Å²) in [4.78, 5) is 15.9. The number of ketones is 1.